The van der Waals surface area contributed by atoms with Crippen LogP contribution in [0, 0.1) is 0 Å². The van der Waals surface area contributed by atoms with Crippen LogP contribution in [0.3, 0.4) is 0 Å². The normalized spacial score (nSPS) is 23.8. The van der Waals surface area contributed by atoms with Crippen molar-refractivity contribution in [1.29, 1.82) is 0 Å². The molecule has 2 amide bonds. The summed E-state index contributed by atoms with van der Waals surface area (Å²) in [5, 5.41) is 15.3. The lowest BCUT2D eigenvalue weighted by Crippen LogP contribution is -2.50. The Balaban J connectivity index is 1.98. The van der Waals surface area contributed by atoms with Crippen molar-refractivity contribution in [3.8, 4) is 0 Å². The van der Waals surface area contributed by atoms with Crippen molar-refractivity contribution >= 4 is 6.03 Å². The Morgan fingerprint density at radius 2 is 1.95 bits per heavy atom. The fourth-order valence-corrected chi connectivity index (χ4v) is 3.06. The molecule has 1 aliphatic heterocycles. The molecular formula is C17H26N2O3. The third-order valence-corrected chi connectivity index (χ3v) is 4.07. The number of ether oxygens (including phenoxy) is 1. The average Bonchev–Trinajstić information content (AvgIpc) is 2.64. The molecule has 0 radical (unpaired) electrons. The standard InChI is InChI=1S/C17H26N2O3/c1-16(2)10-14(17(3,4)22-16)19-15(21)18-13(11-20)12-8-6-5-7-9-12/h5-9,13-14,20H,10-11H2,1-4H3,(H2,18,19,21)/t13-,14-/m0/s1. The maximum atomic E-state index is 12.3. The van der Waals surface area contributed by atoms with E-state index in [4.69, 9.17) is 4.74 Å². The number of carbonyl (C=O) groups is 1. The molecule has 1 aromatic rings. The van der Waals surface area contributed by atoms with Gasteiger partial charge in [0, 0.05) is 0 Å². The number of rotatable bonds is 4. The zero-order chi connectivity index (χ0) is 16.4. The molecule has 1 aliphatic rings. The lowest BCUT2D eigenvalue weighted by atomic mass is 9.94. The van der Waals surface area contributed by atoms with E-state index in [2.05, 4.69) is 10.6 Å². The number of amides is 2. The van der Waals surface area contributed by atoms with Crippen LogP contribution in [0.5, 0.6) is 0 Å². The van der Waals surface area contributed by atoms with E-state index in [-0.39, 0.29) is 24.3 Å². The minimum atomic E-state index is -0.417. The summed E-state index contributed by atoms with van der Waals surface area (Å²) in [5.74, 6) is 0. The van der Waals surface area contributed by atoms with Crippen LogP contribution in [0.1, 0.15) is 45.7 Å². The molecule has 122 valence electrons. The van der Waals surface area contributed by atoms with Crippen LogP contribution < -0.4 is 10.6 Å². The highest BCUT2D eigenvalue weighted by atomic mass is 16.5. The predicted molar refractivity (Wildman–Crippen MR) is 85.6 cm³/mol. The summed E-state index contributed by atoms with van der Waals surface area (Å²) in [7, 11) is 0. The van der Waals surface area contributed by atoms with Gasteiger partial charge < -0.3 is 20.5 Å². The summed E-state index contributed by atoms with van der Waals surface area (Å²) in [6, 6.07) is 8.65. The molecule has 0 saturated carbocycles. The van der Waals surface area contributed by atoms with Crippen LogP contribution in [0.4, 0.5) is 4.79 Å². The highest BCUT2D eigenvalue weighted by Gasteiger charge is 2.46. The van der Waals surface area contributed by atoms with Gasteiger partial charge >= 0.3 is 6.03 Å². The molecule has 1 fully saturated rings. The van der Waals surface area contributed by atoms with Crippen molar-refractivity contribution in [2.45, 2.75) is 57.4 Å². The smallest absolute Gasteiger partial charge is 0.315 e. The van der Waals surface area contributed by atoms with E-state index < -0.39 is 11.6 Å². The summed E-state index contributed by atoms with van der Waals surface area (Å²) < 4.78 is 5.97. The first-order valence-electron chi connectivity index (χ1n) is 7.66. The van der Waals surface area contributed by atoms with Gasteiger partial charge in [-0.15, -0.1) is 0 Å². The largest absolute Gasteiger partial charge is 0.394 e. The van der Waals surface area contributed by atoms with Gasteiger partial charge in [0.25, 0.3) is 0 Å². The monoisotopic (exact) mass is 306 g/mol. The van der Waals surface area contributed by atoms with Crippen LogP contribution in [0.15, 0.2) is 30.3 Å². The minimum absolute atomic E-state index is 0.0717. The maximum Gasteiger partial charge on any atom is 0.315 e. The Kier molecular flexibility index (Phi) is 4.78. The van der Waals surface area contributed by atoms with E-state index in [0.29, 0.717) is 0 Å². The molecule has 0 unspecified atom stereocenters. The van der Waals surface area contributed by atoms with Crippen molar-refractivity contribution in [2.24, 2.45) is 0 Å². The number of aliphatic hydroxyl groups is 1. The highest BCUT2D eigenvalue weighted by molar-refractivity contribution is 5.75. The Morgan fingerprint density at radius 3 is 2.45 bits per heavy atom. The van der Waals surface area contributed by atoms with Crippen LogP contribution in [-0.2, 0) is 4.74 Å². The number of carbonyl (C=O) groups excluding carboxylic acids is 1. The molecule has 0 aromatic heterocycles. The molecule has 0 aliphatic carbocycles. The Labute approximate surface area is 132 Å². The van der Waals surface area contributed by atoms with Gasteiger partial charge in [0.05, 0.1) is 29.9 Å². The Hall–Kier alpha value is -1.59. The molecule has 5 heteroatoms. The predicted octanol–water partition coefficient (Wildman–Crippen LogP) is 2.37. The van der Waals surface area contributed by atoms with Gasteiger partial charge in [-0.05, 0) is 39.7 Å². The second kappa shape index (κ2) is 6.26. The topological polar surface area (TPSA) is 70.6 Å². The number of urea groups is 1. The van der Waals surface area contributed by atoms with Crippen LogP contribution in [0.2, 0.25) is 0 Å². The summed E-state index contributed by atoms with van der Waals surface area (Å²) in [6.07, 6.45) is 0.753. The first-order valence-corrected chi connectivity index (χ1v) is 7.66. The van der Waals surface area contributed by atoms with E-state index in [9.17, 15) is 9.90 Å². The number of hydrogen-bond acceptors (Lipinski definition) is 3. The van der Waals surface area contributed by atoms with Crippen molar-refractivity contribution in [3.63, 3.8) is 0 Å². The molecular weight excluding hydrogens is 280 g/mol. The van der Waals surface area contributed by atoms with E-state index >= 15 is 0 Å². The number of aliphatic hydroxyl groups excluding tert-OH is 1. The van der Waals surface area contributed by atoms with Crippen LogP contribution in [-0.4, -0.2) is 35.0 Å². The molecule has 0 spiro atoms. The number of hydrogen-bond donors (Lipinski definition) is 3. The molecule has 1 saturated heterocycles. The third kappa shape index (κ3) is 3.99. The van der Waals surface area contributed by atoms with Crippen molar-refractivity contribution in [1.82, 2.24) is 10.6 Å². The van der Waals surface area contributed by atoms with E-state index in [1.807, 2.05) is 58.0 Å². The number of benzene rings is 1. The van der Waals surface area contributed by atoms with Gasteiger partial charge in [0.2, 0.25) is 0 Å². The summed E-state index contributed by atoms with van der Waals surface area (Å²) in [5.41, 5.74) is 0.210. The first-order chi connectivity index (χ1) is 10.2. The summed E-state index contributed by atoms with van der Waals surface area (Å²) in [6.45, 7) is 7.86. The summed E-state index contributed by atoms with van der Waals surface area (Å²) >= 11 is 0. The van der Waals surface area contributed by atoms with Gasteiger partial charge in [0.15, 0.2) is 0 Å². The second-order valence-corrected chi connectivity index (χ2v) is 6.99. The lowest BCUT2D eigenvalue weighted by molar-refractivity contribution is -0.0690. The van der Waals surface area contributed by atoms with Crippen molar-refractivity contribution < 1.29 is 14.6 Å². The molecule has 2 atom stereocenters. The Morgan fingerprint density at radius 1 is 1.32 bits per heavy atom. The Bertz CT molecular complexity index is 514. The zero-order valence-electron chi connectivity index (χ0n) is 13.7. The van der Waals surface area contributed by atoms with E-state index in [1.54, 1.807) is 0 Å². The van der Waals surface area contributed by atoms with Gasteiger partial charge in [-0.2, -0.15) is 0 Å². The molecule has 2 rings (SSSR count). The lowest BCUT2D eigenvalue weighted by Gasteiger charge is -2.28. The fraction of sp³-hybridized carbons (Fsp3) is 0.588. The van der Waals surface area contributed by atoms with Gasteiger partial charge in [-0.25, -0.2) is 4.79 Å². The third-order valence-electron chi connectivity index (χ3n) is 4.07. The van der Waals surface area contributed by atoms with Gasteiger partial charge in [0.1, 0.15) is 0 Å². The SMILES string of the molecule is CC1(C)C[C@H](NC(=O)N[C@@H](CO)c2ccccc2)C(C)(C)O1. The molecule has 1 aromatic carbocycles. The summed E-state index contributed by atoms with van der Waals surface area (Å²) in [4.78, 5) is 12.3. The molecule has 3 N–H and O–H groups in total. The van der Waals surface area contributed by atoms with Crippen LogP contribution in [0.25, 0.3) is 0 Å². The van der Waals surface area contributed by atoms with E-state index in [1.165, 1.54) is 0 Å². The average molecular weight is 306 g/mol. The highest BCUT2D eigenvalue weighted by Crippen LogP contribution is 2.37. The maximum absolute atomic E-state index is 12.3. The molecule has 0 bridgehead atoms. The first kappa shape index (κ1) is 16.8. The van der Waals surface area contributed by atoms with Crippen molar-refractivity contribution in [2.75, 3.05) is 6.61 Å². The molecule has 1 heterocycles. The fourth-order valence-electron chi connectivity index (χ4n) is 3.06. The van der Waals surface area contributed by atoms with Crippen molar-refractivity contribution in [3.05, 3.63) is 35.9 Å². The van der Waals surface area contributed by atoms with E-state index in [0.717, 1.165) is 12.0 Å². The zero-order valence-corrected chi connectivity index (χ0v) is 13.7. The second-order valence-electron chi connectivity index (χ2n) is 6.99. The minimum Gasteiger partial charge on any atom is -0.394 e. The van der Waals surface area contributed by atoms with Gasteiger partial charge in [-0.3, -0.25) is 0 Å². The van der Waals surface area contributed by atoms with Gasteiger partial charge in [-0.1, -0.05) is 30.3 Å². The number of nitrogens with one attached hydrogen (secondary N) is 2. The quantitative estimate of drug-likeness (QED) is 0.800. The molecule has 22 heavy (non-hydrogen) atoms. The van der Waals surface area contributed by atoms with Crippen LogP contribution >= 0.6 is 0 Å². The molecule has 5 nitrogen and oxygen atoms in total.